The molecule has 5 heteroatoms. The summed E-state index contributed by atoms with van der Waals surface area (Å²) in [5.41, 5.74) is 8.61. The van der Waals surface area contributed by atoms with Crippen LogP contribution in [0.3, 0.4) is 0 Å². The van der Waals surface area contributed by atoms with E-state index in [0.717, 1.165) is 32.3 Å². The van der Waals surface area contributed by atoms with Gasteiger partial charge < -0.3 is 11.1 Å². The Labute approximate surface area is 129 Å². The van der Waals surface area contributed by atoms with Gasteiger partial charge in [-0.3, -0.25) is 4.98 Å². The molecule has 2 aromatic carbocycles. The van der Waals surface area contributed by atoms with Gasteiger partial charge in [0, 0.05) is 44.7 Å². The Morgan fingerprint density at radius 2 is 1.95 bits per heavy atom. The molecule has 1 heterocycles. The highest BCUT2D eigenvalue weighted by molar-refractivity contribution is 9.10. The number of benzene rings is 2. The third-order valence-corrected chi connectivity index (χ3v) is 4.26. The molecule has 0 aliphatic carbocycles. The van der Waals surface area contributed by atoms with Gasteiger partial charge in [0.15, 0.2) is 0 Å². The van der Waals surface area contributed by atoms with Gasteiger partial charge in [0.2, 0.25) is 0 Å². The van der Waals surface area contributed by atoms with E-state index in [1.54, 1.807) is 12.4 Å². The number of nitrogens with zero attached hydrogens (tertiary/aromatic N) is 1. The van der Waals surface area contributed by atoms with Gasteiger partial charge in [-0.2, -0.15) is 0 Å². The number of nitrogen functional groups attached to an aromatic ring is 1. The number of nitrogens with two attached hydrogens (primary N) is 1. The van der Waals surface area contributed by atoms with E-state index in [-0.39, 0.29) is 0 Å². The van der Waals surface area contributed by atoms with Crippen LogP contribution < -0.4 is 11.1 Å². The molecule has 0 atom stereocenters. The molecule has 3 N–H and O–H groups in total. The van der Waals surface area contributed by atoms with Gasteiger partial charge in [-0.05, 0) is 52.3 Å². The molecule has 0 fully saturated rings. The van der Waals surface area contributed by atoms with Crippen LogP contribution in [0.15, 0.2) is 53.3 Å². The van der Waals surface area contributed by atoms with Crippen LogP contribution in [0, 0.1) is 0 Å². The quantitative estimate of drug-likeness (QED) is 0.642. The lowest BCUT2D eigenvalue weighted by atomic mass is 10.1. The minimum Gasteiger partial charge on any atom is -0.398 e. The molecular formula is C15H11BrClN3. The monoisotopic (exact) mass is 347 g/mol. The molecule has 0 radical (unpaired) electrons. The number of hydrogen-bond acceptors (Lipinski definition) is 3. The smallest absolute Gasteiger partial charge is 0.0549 e. The Morgan fingerprint density at radius 3 is 2.75 bits per heavy atom. The third-order valence-electron chi connectivity index (χ3n) is 3.05. The average Bonchev–Trinajstić information content (AvgIpc) is 2.46. The van der Waals surface area contributed by atoms with Crippen molar-refractivity contribution >= 4 is 55.4 Å². The van der Waals surface area contributed by atoms with Crippen LogP contribution in [0.1, 0.15) is 0 Å². The van der Waals surface area contributed by atoms with E-state index in [0.29, 0.717) is 5.02 Å². The lowest BCUT2D eigenvalue weighted by molar-refractivity contribution is 1.36. The Kier molecular flexibility index (Phi) is 3.51. The van der Waals surface area contributed by atoms with Crippen molar-refractivity contribution in [3.8, 4) is 0 Å². The number of aromatic nitrogens is 1. The SMILES string of the molecule is Nc1ccc(Nc2ccc(Cl)c(Br)c2)c2ccncc12. The van der Waals surface area contributed by atoms with Crippen LogP contribution in [-0.4, -0.2) is 4.98 Å². The zero-order chi connectivity index (χ0) is 14.1. The third kappa shape index (κ3) is 2.44. The molecule has 0 saturated carbocycles. The van der Waals surface area contributed by atoms with Crippen LogP contribution in [0.5, 0.6) is 0 Å². The summed E-state index contributed by atoms with van der Waals surface area (Å²) in [5.74, 6) is 0. The normalized spacial score (nSPS) is 10.7. The number of nitrogens with one attached hydrogen (secondary N) is 1. The molecule has 0 saturated heterocycles. The minimum atomic E-state index is 0.682. The van der Waals surface area contributed by atoms with Crippen molar-refractivity contribution in [2.75, 3.05) is 11.1 Å². The maximum Gasteiger partial charge on any atom is 0.0549 e. The average molecular weight is 349 g/mol. The van der Waals surface area contributed by atoms with Crippen LogP contribution in [-0.2, 0) is 0 Å². The van der Waals surface area contributed by atoms with Gasteiger partial charge in [-0.15, -0.1) is 0 Å². The lowest BCUT2D eigenvalue weighted by Crippen LogP contribution is -1.94. The van der Waals surface area contributed by atoms with Crippen molar-refractivity contribution in [3.63, 3.8) is 0 Å². The first-order valence-electron chi connectivity index (χ1n) is 5.99. The molecule has 20 heavy (non-hydrogen) atoms. The first-order valence-corrected chi connectivity index (χ1v) is 7.16. The number of fused-ring (bicyclic) bond motifs is 1. The molecule has 3 rings (SSSR count). The van der Waals surface area contributed by atoms with Crippen molar-refractivity contribution in [3.05, 3.63) is 58.3 Å². The van der Waals surface area contributed by atoms with Gasteiger partial charge in [-0.1, -0.05) is 11.6 Å². The number of pyridine rings is 1. The van der Waals surface area contributed by atoms with Gasteiger partial charge in [0.05, 0.1) is 5.02 Å². The summed E-state index contributed by atoms with van der Waals surface area (Å²) in [6.07, 6.45) is 3.53. The number of rotatable bonds is 2. The van der Waals surface area contributed by atoms with Crippen LogP contribution in [0.25, 0.3) is 10.8 Å². The highest BCUT2D eigenvalue weighted by Crippen LogP contribution is 2.32. The summed E-state index contributed by atoms with van der Waals surface area (Å²) in [4.78, 5) is 4.11. The summed E-state index contributed by atoms with van der Waals surface area (Å²) >= 11 is 9.42. The number of hydrogen-bond donors (Lipinski definition) is 2. The van der Waals surface area contributed by atoms with E-state index in [9.17, 15) is 0 Å². The molecule has 0 amide bonds. The Bertz CT molecular complexity index is 789. The topological polar surface area (TPSA) is 50.9 Å². The summed E-state index contributed by atoms with van der Waals surface area (Å²) in [7, 11) is 0. The van der Waals surface area contributed by atoms with Gasteiger partial charge in [-0.25, -0.2) is 0 Å². The highest BCUT2D eigenvalue weighted by atomic mass is 79.9. The van der Waals surface area contributed by atoms with Crippen LogP contribution in [0.4, 0.5) is 17.1 Å². The number of anilines is 3. The van der Waals surface area contributed by atoms with Crippen molar-refractivity contribution in [2.24, 2.45) is 0 Å². The zero-order valence-electron chi connectivity index (χ0n) is 10.4. The van der Waals surface area contributed by atoms with Gasteiger partial charge in [0.1, 0.15) is 0 Å². The summed E-state index contributed by atoms with van der Waals surface area (Å²) < 4.78 is 0.852. The fourth-order valence-electron chi connectivity index (χ4n) is 2.05. The highest BCUT2D eigenvalue weighted by Gasteiger charge is 2.05. The van der Waals surface area contributed by atoms with E-state index in [2.05, 4.69) is 26.2 Å². The number of halogens is 2. The molecule has 100 valence electrons. The molecule has 3 aromatic rings. The predicted octanol–water partition coefficient (Wildman–Crippen LogP) is 4.98. The van der Waals surface area contributed by atoms with Crippen molar-refractivity contribution in [1.82, 2.24) is 4.98 Å². The second kappa shape index (κ2) is 5.31. The molecule has 0 aliphatic heterocycles. The molecule has 0 unspecified atom stereocenters. The molecular weight excluding hydrogens is 338 g/mol. The van der Waals surface area contributed by atoms with Crippen molar-refractivity contribution < 1.29 is 0 Å². The fourth-order valence-corrected chi connectivity index (χ4v) is 2.55. The largest absolute Gasteiger partial charge is 0.398 e. The molecule has 3 nitrogen and oxygen atoms in total. The Hall–Kier alpha value is -1.78. The summed E-state index contributed by atoms with van der Waals surface area (Å²) in [6, 6.07) is 11.5. The summed E-state index contributed by atoms with van der Waals surface area (Å²) in [5, 5.41) is 6.02. The fraction of sp³-hybridized carbons (Fsp3) is 0. The van der Waals surface area contributed by atoms with E-state index >= 15 is 0 Å². The maximum absolute atomic E-state index is 6.00. The van der Waals surface area contributed by atoms with Gasteiger partial charge >= 0.3 is 0 Å². The van der Waals surface area contributed by atoms with E-state index in [4.69, 9.17) is 17.3 Å². The second-order valence-corrected chi connectivity index (χ2v) is 5.64. The predicted molar refractivity (Wildman–Crippen MR) is 88.6 cm³/mol. The molecule has 0 aliphatic rings. The lowest BCUT2D eigenvalue weighted by Gasteiger charge is -2.11. The Balaban J connectivity index is 2.06. The molecule has 1 aromatic heterocycles. The molecule has 0 spiro atoms. The van der Waals surface area contributed by atoms with Crippen molar-refractivity contribution in [2.45, 2.75) is 0 Å². The maximum atomic E-state index is 6.00. The van der Waals surface area contributed by atoms with Gasteiger partial charge in [0.25, 0.3) is 0 Å². The minimum absolute atomic E-state index is 0.682. The van der Waals surface area contributed by atoms with E-state index in [1.807, 2.05) is 36.4 Å². The first kappa shape index (κ1) is 13.2. The Morgan fingerprint density at radius 1 is 1.10 bits per heavy atom. The van der Waals surface area contributed by atoms with Crippen molar-refractivity contribution in [1.29, 1.82) is 0 Å². The van der Waals surface area contributed by atoms with E-state index < -0.39 is 0 Å². The van der Waals surface area contributed by atoms with E-state index in [1.165, 1.54) is 0 Å². The van der Waals surface area contributed by atoms with Crippen LogP contribution in [0.2, 0.25) is 5.02 Å². The standard InChI is InChI=1S/C15H11BrClN3/c16-12-7-9(1-2-13(12)17)20-15-4-3-14(18)11-8-19-6-5-10(11)15/h1-8,20H,18H2. The summed E-state index contributed by atoms with van der Waals surface area (Å²) in [6.45, 7) is 0. The second-order valence-electron chi connectivity index (χ2n) is 4.38. The van der Waals surface area contributed by atoms with Crippen LogP contribution >= 0.6 is 27.5 Å². The molecule has 0 bridgehead atoms. The first-order chi connectivity index (χ1) is 9.65. The zero-order valence-corrected chi connectivity index (χ0v) is 12.7.